The number of aryl methyl sites for hydroxylation is 3. The highest BCUT2D eigenvalue weighted by atomic mass is 32.1. The number of hydrogen-bond donors (Lipinski definition) is 0. The van der Waals surface area contributed by atoms with Crippen LogP contribution in [0.15, 0.2) is 30.7 Å². The predicted molar refractivity (Wildman–Crippen MR) is 77.0 cm³/mol. The summed E-state index contributed by atoms with van der Waals surface area (Å²) in [6.07, 6.45) is 5.61. The molecule has 5 heteroatoms. The molecule has 0 radical (unpaired) electrons. The molecule has 0 atom stereocenters. The summed E-state index contributed by atoms with van der Waals surface area (Å²) in [6, 6.07) is 4.06. The van der Waals surface area contributed by atoms with Crippen molar-refractivity contribution in [2.75, 3.05) is 0 Å². The number of hydrogen-bond acceptors (Lipinski definition) is 4. The standard InChI is InChI=1S/C14H14N4S/c1-9-10(2)19-14(17-9)11-4-5-15-13(6-11)12-7-16-18(3)8-12/h4-8H,1-3H3. The Bertz CT molecular complexity index is 707. The number of thiazole rings is 1. The number of nitrogens with zero attached hydrogens (tertiary/aromatic N) is 4. The molecule has 0 N–H and O–H groups in total. The minimum atomic E-state index is 0.927. The molecule has 96 valence electrons. The molecule has 0 saturated heterocycles. The second-order valence-electron chi connectivity index (χ2n) is 4.49. The van der Waals surface area contributed by atoms with Gasteiger partial charge in [0.25, 0.3) is 0 Å². The summed E-state index contributed by atoms with van der Waals surface area (Å²) in [5.41, 5.74) is 4.15. The van der Waals surface area contributed by atoms with Crippen LogP contribution in [0.4, 0.5) is 0 Å². The molecule has 3 rings (SSSR count). The van der Waals surface area contributed by atoms with Gasteiger partial charge in [0.1, 0.15) is 5.01 Å². The van der Waals surface area contributed by atoms with Crippen molar-refractivity contribution in [1.29, 1.82) is 0 Å². The Balaban J connectivity index is 2.04. The summed E-state index contributed by atoms with van der Waals surface area (Å²) >= 11 is 1.72. The van der Waals surface area contributed by atoms with Crippen molar-refractivity contribution in [3.05, 3.63) is 41.3 Å². The number of aromatic nitrogens is 4. The molecule has 0 amide bonds. The largest absolute Gasteiger partial charge is 0.275 e. The highest BCUT2D eigenvalue weighted by Gasteiger charge is 2.09. The van der Waals surface area contributed by atoms with Crippen LogP contribution in [0.1, 0.15) is 10.6 Å². The van der Waals surface area contributed by atoms with Gasteiger partial charge in [-0.25, -0.2) is 4.98 Å². The average Bonchev–Trinajstić information content (AvgIpc) is 2.97. The van der Waals surface area contributed by atoms with Crippen LogP contribution < -0.4 is 0 Å². The van der Waals surface area contributed by atoms with E-state index in [1.165, 1.54) is 4.88 Å². The van der Waals surface area contributed by atoms with E-state index in [0.29, 0.717) is 0 Å². The van der Waals surface area contributed by atoms with E-state index in [-0.39, 0.29) is 0 Å². The summed E-state index contributed by atoms with van der Waals surface area (Å²) in [4.78, 5) is 10.3. The molecule has 0 saturated carbocycles. The zero-order valence-corrected chi connectivity index (χ0v) is 11.9. The highest BCUT2D eigenvalue weighted by Crippen LogP contribution is 2.29. The topological polar surface area (TPSA) is 43.6 Å². The van der Waals surface area contributed by atoms with E-state index < -0.39 is 0 Å². The number of rotatable bonds is 2. The summed E-state index contributed by atoms with van der Waals surface area (Å²) < 4.78 is 1.78. The first-order valence-corrected chi connectivity index (χ1v) is 6.84. The van der Waals surface area contributed by atoms with Gasteiger partial charge in [-0.05, 0) is 26.0 Å². The first kappa shape index (κ1) is 12.0. The highest BCUT2D eigenvalue weighted by molar-refractivity contribution is 7.15. The molecule has 0 aliphatic rings. The summed E-state index contributed by atoms with van der Waals surface area (Å²) in [5, 5.41) is 5.22. The van der Waals surface area contributed by atoms with E-state index in [1.54, 1.807) is 16.0 Å². The van der Waals surface area contributed by atoms with E-state index >= 15 is 0 Å². The molecular weight excluding hydrogens is 256 g/mol. The zero-order chi connectivity index (χ0) is 13.4. The fourth-order valence-corrected chi connectivity index (χ4v) is 2.78. The maximum absolute atomic E-state index is 4.59. The van der Waals surface area contributed by atoms with Gasteiger partial charge in [-0.1, -0.05) is 0 Å². The Hall–Kier alpha value is -2.01. The Kier molecular flexibility index (Phi) is 2.91. The monoisotopic (exact) mass is 270 g/mol. The van der Waals surface area contributed by atoms with Gasteiger partial charge in [0.2, 0.25) is 0 Å². The normalized spacial score (nSPS) is 10.9. The lowest BCUT2D eigenvalue weighted by Gasteiger charge is -1.99. The van der Waals surface area contributed by atoms with Crippen molar-refractivity contribution in [3.63, 3.8) is 0 Å². The van der Waals surface area contributed by atoms with Crippen LogP contribution in [0, 0.1) is 13.8 Å². The Morgan fingerprint density at radius 2 is 2.05 bits per heavy atom. The molecule has 3 aromatic rings. The molecule has 4 nitrogen and oxygen atoms in total. The zero-order valence-electron chi connectivity index (χ0n) is 11.1. The lowest BCUT2D eigenvalue weighted by atomic mass is 10.2. The van der Waals surface area contributed by atoms with Crippen LogP contribution in [-0.2, 0) is 7.05 Å². The first-order chi connectivity index (χ1) is 9.13. The van der Waals surface area contributed by atoms with Gasteiger partial charge >= 0.3 is 0 Å². The maximum Gasteiger partial charge on any atom is 0.123 e. The van der Waals surface area contributed by atoms with Gasteiger partial charge in [0.05, 0.1) is 17.6 Å². The lowest BCUT2D eigenvalue weighted by Crippen LogP contribution is -1.85. The molecule has 0 unspecified atom stereocenters. The van der Waals surface area contributed by atoms with Gasteiger partial charge in [-0.15, -0.1) is 11.3 Å². The van der Waals surface area contributed by atoms with Crippen LogP contribution in [-0.4, -0.2) is 19.7 Å². The lowest BCUT2D eigenvalue weighted by molar-refractivity contribution is 0.768. The van der Waals surface area contributed by atoms with Crippen LogP contribution in [0.3, 0.4) is 0 Å². The summed E-state index contributed by atoms with van der Waals surface area (Å²) in [7, 11) is 1.90. The quantitative estimate of drug-likeness (QED) is 0.718. The van der Waals surface area contributed by atoms with E-state index in [1.807, 2.05) is 38.6 Å². The summed E-state index contributed by atoms with van der Waals surface area (Å²) in [5.74, 6) is 0. The van der Waals surface area contributed by atoms with Crippen molar-refractivity contribution in [2.24, 2.45) is 7.05 Å². The Morgan fingerprint density at radius 3 is 2.68 bits per heavy atom. The van der Waals surface area contributed by atoms with Crippen molar-refractivity contribution in [2.45, 2.75) is 13.8 Å². The van der Waals surface area contributed by atoms with Gasteiger partial charge in [-0.3, -0.25) is 9.67 Å². The Labute approximate surface area is 115 Å². The van der Waals surface area contributed by atoms with Gasteiger partial charge < -0.3 is 0 Å². The molecule has 0 aliphatic heterocycles. The third-order valence-corrected chi connectivity index (χ3v) is 4.16. The second kappa shape index (κ2) is 4.59. The van der Waals surface area contributed by atoms with E-state index in [9.17, 15) is 0 Å². The van der Waals surface area contributed by atoms with Crippen LogP contribution in [0.5, 0.6) is 0 Å². The molecule has 0 spiro atoms. The SMILES string of the molecule is Cc1nc(-c2ccnc(-c3cnn(C)c3)c2)sc1C. The molecule has 19 heavy (non-hydrogen) atoms. The van der Waals surface area contributed by atoms with Crippen molar-refractivity contribution in [3.8, 4) is 21.8 Å². The van der Waals surface area contributed by atoms with Crippen molar-refractivity contribution >= 4 is 11.3 Å². The minimum Gasteiger partial charge on any atom is -0.275 e. The average molecular weight is 270 g/mol. The fourth-order valence-electron chi connectivity index (χ4n) is 1.87. The molecule has 3 aromatic heterocycles. The molecule has 0 fully saturated rings. The third-order valence-electron chi connectivity index (χ3n) is 3.04. The van der Waals surface area contributed by atoms with Crippen molar-refractivity contribution < 1.29 is 0 Å². The predicted octanol–water partition coefficient (Wildman–Crippen LogP) is 3.22. The molecule has 0 aromatic carbocycles. The van der Waals surface area contributed by atoms with Gasteiger partial charge in [-0.2, -0.15) is 5.10 Å². The Morgan fingerprint density at radius 1 is 1.21 bits per heavy atom. The number of pyridine rings is 1. The molecular formula is C14H14N4S. The molecule has 0 bridgehead atoms. The van der Waals surface area contributed by atoms with Gasteiger partial charge in [0.15, 0.2) is 0 Å². The van der Waals surface area contributed by atoms with E-state index in [0.717, 1.165) is 27.5 Å². The van der Waals surface area contributed by atoms with Crippen molar-refractivity contribution in [1.82, 2.24) is 19.7 Å². The maximum atomic E-state index is 4.59. The van der Waals surface area contributed by atoms with E-state index in [2.05, 4.69) is 28.1 Å². The van der Waals surface area contributed by atoms with Crippen LogP contribution in [0.2, 0.25) is 0 Å². The smallest absolute Gasteiger partial charge is 0.123 e. The first-order valence-electron chi connectivity index (χ1n) is 6.03. The second-order valence-corrected chi connectivity index (χ2v) is 5.70. The third kappa shape index (κ3) is 2.29. The molecule has 0 aliphatic carbocycles. The minimum absolute atomic E-state index is 0.927. The molecule has 3 heterocycles. The van der Waals surface area contributed by atoms with E-state index in [4.69, 9.17) is 0 Å². The summed E-state index contributed by atoms with van der Waals surface area (Å²) in [6.45, 7) is 4.14. The van der Waals surface area contributed by atoms with Crippen LogP contribution in [0.25, 0.3) is 21.8 Å². The van der Waals surface area contributed by atoms with Gasteiger partial charge in [0, 0.05) is 35.4 Å². The van der Waals surface area contributed by atoms with Crippen LogP contribution >= 0.6 is 11.3 Å². The fraction of sp³-hybridized carbons (Fsp3) is 0.214.